The summed E-state index contributed by atoms with van der Waals surface area (Å²) < 4.78 is 53.1. The Morgan fingerprint density at radius 1 is 1.19 bits per heavy atom. The number of amides is 1. The highest BCUT2D eigenvalue weighted by Gasteiger charge is 2.37. The lowest BCUT2D eigenvalue weighted by atomic mass is 9.87. The van der Waals surface area contributed by atoms with Gasteiger partial charge in [-0.2, -0.15) is 0 Å². The number of nitrogens with one attached hydrogen (secondary N) is 2. The standard InChI is InChI=1S/C27H29F3N2O2.C12H16N2O.CH3NS/c1-6-9-20(11-8-10-19(5)28)22(15-31-16-33)25-13-18(4)27(34-7-2)26(32-25)21-12-17(3)23(29)14-24(21)30;1-8-5-10-7-11(9-3-4-9)13-14(10)12(6-8)15-2;2-1-3/h8,10-14,16,20,22H,7,15H2,1-5H3,(H,31,33);5-7,9,11,13H,3-4H2,1-2H3;1H,(H2,2,3)/b11-8-,19-10+;;. The van der Waals surface area contributed by atoms with Crippen molar-refractivity contribution in [1.29, 1.82) is 0 Å². The first-order valence-electron chi connectivity index (χ1n) is 17.0. The number of pyridine rings is 1. The van der Waals surface area contributed by atoms with Crippen LogP contribution in [-0.4, -0.2) is 48.2 Å². The van der Waals surface area contributed by atoms with Crippen molar-refractivity contribution < 1.29 is 27.4 Å². The van der Waals surface area contributed by atoms with Crippen LogP contribution in [0.25, 0.3) is 11.3 Å². The van der Waals surface area contributed by atoms with Gasteiger partial charge in [-0.3, -0.25) is 4.79 Å². The first kappa shape index (κ1) is 41.6. The molecule has 8 nitrogen and oxygen atoms in total. The first-order valence-corrected chi connectivity index (χ1v) is 17.5. The fraction of sp³-hybridized carbons (Fsp3) is 0.375. The van der Waals surface area contributed by atoms with E-state index in [1.54, 1.807) is 46.1 Å². The van der Waals surface area contributed by atoms with Gasteiger partial charge in [0.2, 0.25) is 12.3 Å². The lowest BCUT2D eigenvalue weighted by Crippen LogP contribution is -2.38. The predicted octanol–water partition coefficient (Wildman–Crippen LogP) is 7.76. The molecule has 3 heterocycles. The molecule has 1 aromatic heterocycles. The predicted molar refractivity (Wildman–Crippen MR) is 204 cm³/mol. The molecule has 0 spiro atoms. The molecule has 4 N–H and O–H groups in total. The van der Waals surface area contributed by atoms with Gasteiger partial charge in [0.1, 0.15) is 23.1 Å². The summed E-state index contributed by atoms with van der Waals surface area (Å²) in [4.78, 5) is 15.8. The van der Waals surface area contributed by atoms with Gasteiger partial charge in [0.25, 0.3) is 0 Å². The molecule has 5 rings (SSSR count). The Morgan fingerprint density at radius 2 is 1.90 bits per heavy atom. The molecule has 2 aliphatic heterocycles. The number of methoxy groups -OCH3 is 1. The summed E-state index contributed by atoms with van der Waals surface area (Å²) in [5.74, 6) is 5.42. The number of benzene rings is 1. The lowest BCUT2D eigenvalue weighted by Gasteiger charge is -2.26. The fourth-order valence-corrected chi connectivity index (χ4v) is 5.78. The lowest BCUT2D eigenvalue weighted by molar-refractivity contribution is -0.109. The summed E-state index contributed by atoms with van der Waals surface area (Å²) in [6.07, 6.45) is 14.4. The van der Waals surface area contributed by atoms with E-state index in [0.717, 1.165) is 23.4 Å². The molecule has 0 radical (unpaired) electrons. The molecule has 52 heavy (non-hydrogen) atoms. The van der Waals surface area contributed by atoms with Crippen molar-refractivity contribution in [3.63, 3.8) is 0 Å². The normalized spacial score (nSPS) is 17.3. The summed E-state index contributed by atoms with van der Waals surface area (Å²) >= 11 is 4.05. The number of fused-ring (bicyclic) bond motifs is 1. The number of carbonyl (C=O) groups excluding carboxylic acids is 1. The van der Waals surface area contributed by atoms with E-state index in [4.69, 9.17) is 14.5 Å². The third kappa shape index (κ3) is 11.3. The van der Waals surface area contributed by atoms with Crippen molar-refractivity contribution in [2.45, 2.75) is 66.3 Å². The number of hydrogen-bond donors (Lipinski definition) is 3. The second-order valence-electron chi connectivity index (χ2n) is 12.4. The van der Waals surface area contributed by atoms with Crippen LogP contribution in [0.15, 0.2) is 77.6 Å². The maximum Gasteiger partial charge on any atom is 0.208 e. The quantitative estimate of drug-likeness (QED) is 0.0881. The van der Waals surface area contributed by atoms with E-state index in [-0.39, 0.29) is 29.2 Å². The average Bonchev–Trinajstić information content (AvgIpc) is 3.86. The van der Waals surface area contributed by atoms with E-state index >= 15 is 0 Å². The van der Waals surface area contributed by atoms with Crippen LogP contribution in [0, 0.1) is 49.2 Å². The minimum atomic E-state index is -0.760. The zero-order valence-electron chi connectivity index (χ0n) is 30.7. The minimum Gasteiger partial charge on any atom is -0.491 e. The van der Waals surface area contributed by atoms with Gasteiger partial charge in [-0.05, 0) is 107 Å². The highest BCUT2D eigenvalue weighted by atomic mass is 32.1. The summed E-state index contributed by atoms with van der Waals surface area (Å²) in [6.45, 7) is 10.8. The van der Waals surface area contributed by atoms with Crippen molar-refractivity contribution in [2.24, 2.45) is 17.6 Å². The second kappa shape index (κ2) is 20.2. The molecule has 1 fully saturated rings. The fourth-order valence-electron chi connectivity index (χ4n) is 5.78. The number of nitrogens with zero attached hydrogens (tertiary/aromatic N) is 2. The number of rotatable bonds is 12. The van der Waals surface area contributed by atoms with Crippen molar-refractivity contribution in [1.82, 2.24) is 20.7 Å². The number of hydrazine groups is 1. The molecule has 0 bridgehead atoms. The molecule has 3 aliphatic rings. The maximum atomic E-state index is 14.9. The summed E-state index contributed by atoms with van der Waals surface area (Å²) in [6, 6.07) is 4.53. The number of halogens is 3. The van der Waals surface area contributed by atoms with Crippen LogP contribution in [0.5, 0.6) is 5.75 Å². The average molecular weight is 736 g/mol. The van der Waals surface area contributed by atoms with E-state index in [0.29, 0.717) is 36.1 Å². The topological polar surface area (TPSA) is 102 Å². The molecule has 2 aromatic rings. The number of thiocarbonyl (C=S) groups is 1. The van der Waals surface area contributed by atoms with E-state index in [1.807, 2.05) is 6.92 Å². The molecule has 0 saturated heterocycles. The van der Waals surface area contributed by atoms with E-state index in [9.17, 15) is 18.0 Å². The number of aromatic nitrogens is 1. The second-order valence-corrected chi connectivity index (χ2v) is 12.6. The number of carbonyl (C=O) groups is 1. The van der Waals surface area contributed by atoms with Gasteiger partial charge in [-0.1, -0.05) is 30.3 Å². The highest BCUT2D eigenvalue weighted by Crippen LogP contribution is 2.39. The molecular formula is C40H48F3N5O3S. The van der Waals surface area contributed by atoms with Gasteiger partial charge in [-0.25, -0.2) is 28.6 Å². The van der Waals surface area contributed by atoms with Crippen LogP contribution in [0.1, 0.15) is 63.3 Å². The zero-order valence-corrected chi connectivity index (χ0v) is 31.5. The van der Waals surface area contributed by atoms with Gasteiger partial charge < -0.3 is 20.5 Å². The molecule has 3 unspecified atom stereocenters. The zero-order chi connectivity index (χ0) is 38.4. The monoisotopic (exact) mass is 735 g/mol. The minimum absolute atomic E-state index is 0.110. The van der Waals surface area contributed by atoms with Gasteiger partial charge in [0.05, 0.1) is 30.7 Å². The third-order valence-electron chi connectivity index (χ3n) is 8.33. The largest absolute Gasteiger partial charge is 0.491 e. The summed E-state index contributed by atoms with van der Waals surface area (Å²) in [7, 11) is 1.72. The number of nitrogens with two attached hydrogens (primary N) is 1. The molecule has 1 aliphatic carbocycles. The van der Waals surface area contributed by atoms with Crippen molar-refractivity contribution in [3.05, 3.63) is 106 Å². The molecule has 1 aromatic carbocycles. The molecule has 1 amide bonds. The van der Waals surface area contributed by atoms with Crippen LogP contribution in [0.3, 0.4) is 0 Å². The third-order valence-corrected chi connectivity index (χ3v) is 8.33. The van der Waals surface area contributed by atoms with E-state index in [2.05, 4.69) is 70.7 Å². The summed E-state index contributed by atoms with van der Waals surface area (Å²) in [5.41, 5.74) is 13.4. The van der Waals surface area contributed by atoms with Crippen LogP contribution in [-0.2, 0) is 9.53 Å². The van der Waals surface area contributed by atoms with E-state index < -0.39 is 23.5 Å². The van der Waals surface area contributed by atoms with E-state index in [1.165, 1.54) is 43.2 Å². The Kier molecular flexibility index (Phi) is 16.2. The summed E-state index contributed by atoms with van der Waals surface area (Å²) in [5, 5.41) is 4.72. The van der Waals surface area contributed by atoms with Crippen LogP contribution in [0.2, 0.25) is 0 Å². The number of hydrogen-bond acceptors (Lipinski definition) is 7. The van der Waals surface area contributed by atoms with Crippen LogP contribution < -0.4 is 21.2 Å². The van der Waals surface area contributed by atoms with Gasteiger partial charge in [0, 0.05) is 47.8 Å². The smallest absolute Gasteiger partial charge is 0.208 e. The van der Waals surface area contributed by atoms with Crippen LogP contribution >= 0.6 is 12.2 Å². The van der Waals surface area contributed by atoms with Crippen molar-refractivity contribution >= 4 is 24.1 Å². The van der Waals surface area contributed by atoms with Gasteiger partial charge in [-0.15, -0.1) is 5.92 Å². The first-order chi connectivity index (χ1) is 24.9. The Morgan fingerprint density at radius 3 is 2.50 bits per heavy atom. The molecule has 1 saturated carbocycles. The number of allylic oxidation sites excluding steroid dienone is 7. The highest BCUT2D eigenvalue weighted by molar-refractivity contribution is 7.78. The Labute approximate surface area is 310 Å². The number of ether oxygens (including phenoxy) is 2. The van der Waals surface area contributed by atoms with Crippen molar-refractivity contribution in [3.8, 4) is 28.8 Å². The molecule has 12 heteroatoms. The number of aryl methyl sites for hydroxylation is 2. The Balaban J connectivity index is 0.000000330. The molecule has 278 valence electrons. The van der Waals surface area contributed by atoms with Gasteiger partial charge >= 0.3 is 0 Å². The van der Waals surface area contributed by atoms with Crippen LogP contribution in [0.4, 0.5) is 13.2 Å². The van der Waals surface area contributed by atoms with Crippen molar-refractivity contribution in [2.75, 3.05) is 20.3 Å². The molecular weight excluding hydrogens is 688 g/mol. The SMILES string of the molecule is CC#CC(/C=C\C=C(/C)F)C(CNC=O)c1cc(C)c(OCC)c(-c2cc(C)c(F)cc2F)n1.COC1=CC(C)=CC2=CC(C3CC3)NN21.NC=S. The van der Waals surface area contributed by atoms with Gasteiger partial charge in [0.15, 0.2) is 0 Å². The Hall–Kier alpha value is -4.86. The maximum absolute atomic E-state index is 14.9. The molecule has 3 atom stereocenters. The Bertz CT molecular complexity index is 1800.